The van der Waals surface area contributed by atoms with Gasteiger partial charge in [-0.15, -0.1) is 0 Å². The third-order valence-electron chi connectivity index (χ3n) is 4.87. The summed E-state index contributed by atoms with van der Waals surface area (Å²) in [6, 6.07) is 5.16. The minimum Gasteiger partial charge on any atom is -0.465 e. The molecular formula is C17H22Cl2N2O3. The van der Waals surface area contributed by atoms with Crippen LogP contribution in [0, 0.1) is 5.92 Å². The Hall–Kier alpha value is -1.46. The molecule has 0 saturated carbocycles. The van der Waals surface area contributed by atoms with E-state index >= 15 is 0 Å². The molecule has 0 spiro atoms. The molecule has 2 rings (SSSR count). The smallest absolute Gasteiger partial charge is 0.407 e. The van der Waals surface area contributed by atoms with Crippen LogP contribution in [0.5, 0.6) is 0 Å². The molecule has 1 aromatic rings. The van der Waals surface area contributed by atoms with E-state index in [1.807, 2.05) is 13.8 Å². The highest BCUT2D eigenvalue weighted by Gasteiger charge is 2.42. The zero-order chi connectivity index (χ0) is 17.9. The van der Waals surface area contributed by atoms with E-state index in [0.29, 0.717) is 42.4 Å². The van der Waals surface area contributed by atoms with Crippen molar-refractivity contribution >= 4 is 35.2 Å². The zero-order valence-corrected chi connectivity index (χ0v) is 15.3. The molecule has 24 heavy (non-hydrogen) atoms. The fourth-order valence-electron chi connectivity index (χ4n) is 3.18. The molecule has 7 heteroatoms. The third-order valence-corrected chi connectivity index (χ3v) is 5.46. The van der Waals surface area contributed by atoms with Crippen molar-refractivity contribution in [1.29, 1.82) is 0 Å². The Balaban J connectivity index is 1.99. The molecule has 2 atom stereocenters. The van der Waals surface area contributed by atoms with Gasteiger partial charge in [0.2, 0.25) is 5.91 Å². The van der Waals surface area contributed by atoms with E-state index in [2.05, 4.69) is 5.32 Å². The Bertz CT molecular complexity index is 638. The summed E-state index contributed by atoms with van der Waals surface area (Å²) in [5, 5.41) is 13.3. The van der Waals surface area contributed by atoms with Crippen molar-refractivity contribution in [3.8, 4) is 0 Å². The van der Waals surface area contributed by atoms with Gasteiger partial charge in [0.05, 0.1) is 0 Å². The molecule has 2 unspecified atom stereocenters. The number of hydrogen-bond donors (Lipinski definition) is 2. The van der Waals surface area contributed by atoms with Crippen LogP contribution < -0.4 is 5.32 Å². The maximum atomic E-state index is 12.5. The quantitative estimate of drug-likeness (QED) is 0.832. The third kappa shape index (κ3) is 4.14. The van der Waals surface area contributed by atoms with Gasteiger partial charge in [-0.3, -0.25) is 4.79 Å². The van der Waals surface area contributed by atoms with Crippen molar-refractivity contribution in [3.63, 3.8) is 0 Å². The molecule has 0 radical (unpaired) electrons. The minimum absolute atomic E-state index is 0.0641. The topological polar surface area (TPSA) is 69.6 Å². The first-order valence-corrected chi connectivity index (χ1v) is 8.74. The molecular weight excluding hydrogens is 351 g/mol. The van der Waals surface area contributed by atoms with Crippen LogP contribution in [0.15, 0.2) is 18.2 Å². The molecule has 0 bridgehead atoms. The van der Waals surface area contributed by atoms with Crippen molar-refractivity contribution in [1.82, 2.24) is 10.2 Å². The van der Waals surface area contributed by atoms with E-state index in [9.17, 15) is 14.7 Å². The lowest BCUT2D eigenvalue weighted by Gasteiger charge is -2.45. The highest BCUT2D eigenvalue weighted by Crippen LogP contribution is 2.34. The first-order valence-electron chi connectivity index (χ1n) is 7.99. The summed E-state index contributed by atoms with van der Waals surface area (Å²) in [6.45, 7) is 4.55. The first-order chi connectivity index (χ1) is 11.3. The number of carbonyl (C=O) groups is 2. The van der Waals surface area contributed by atoms with Gasteiger partial charge in [0.15, 0.2) is 0 Å². The van der Waals surface area contributed by atoms with E-state index in [0.717, 1.165) is 5.56 Å². The molecule has 1 aromatic carbocycles. The van der Waals surface area contributed by atoms with Gasteiger partial charge >= 0.3 is 6.09 Å². The maximum absolute atomic E-state index is 12.5. The highest BCUT2D eigenvalue weighted by molar-refractivity contribution is 6.35. The van der Waals surface area contributed by atoms with E-state index in [1.165, 1.54) is 4.90 Å². The summed E-state index contributed by atoms with van der Waals surface area (Å²) in [5.41, 5.74) is 0.292. The Kier molecular flexibility index (Phi) is 5.99. The number of carbonyl (C=O) groups excluding carboxylic acids is 1. The van der Waals surface area contributed by atoms with E-state index in [1.54, 1.807) is 18.2 Å². The Morgan fingerprint density at radius 2 is 2.12 bits per heavy atom. The number of benzene rings is 1. The summed E-state index contributed by atoms with van der Waals surface area (Å²) in [4.78, 5) is 25.3. The largest absolute Gasteiger partial charge is 0.465 e. The fourth-order valence-corrected chi connectivity index (χ4v) is 3.65. The number of rotatable bonds is 4. The highest BCUT2D eigenvalue weighted by atomic mass is 35.5. The molecule has 132 valence electrons. The van der Waals surface area contributed by atoms with Crippen molar-refractivity contribution < 1.29 is 14.7 Å². The average molecular weight is 373 g/mol. The van der Waals surface area contributed by atoms with E-state index in [4.69, 9.17) is 23.2 Å². The Morgan fingerprint density at radius 3 is 2.71 bits per heavy atom. The van der Waals surface area contributed by atoms with Gasteiger partial charge in [-0.1, -0.05) is 36.2 Å². The Morgan fingerprint density at radius 1 is 1.42 bits per heavy atom. The number of amides is 2. The maximum Gasteiger partial charge on any atom is 0.407 e. The second-order valence-corrected chi connectivity index (χ2v) is 7.27. The van der Waals surface area contributed by atoms with Crippen LogP contribution in [-0.2, 0) is 11.3 Å². The van der Waals surface area contributed by atoms with Gasteiger partial charge in [0, 0.05) is 34.6 Å². The summed E-state index contributed by atoms with van der Waals surface area (Å²) in [5.74, 6) is -0.262. The normalized spacial score (nSPS) is 23.8. The molecule has 1 fully saturated rings. The number of carboxylic acid groups (broad SMARTS) is 1. The summed E-state index contributed by atoms with van der Waals surface area (Å²) in [7, 11) is 0. The molecule has 1 saturated heterocycles. The molecule has 2 amide bonds. The lowest BCUT2D eigenvalue weighted by molar-refractivity contribution is -0.128. The number of hydrogen-bond acceptors (Lipinski definition) is 2. The van der Waals surface area contributed by atoms with Gasteiger partial charge in [-0.2, -0.15) is 0 Å². The number of nitrogens with zero attached hydrogens (tertiary/aromatic N) is 1. The number of likely N-dealkylation sites (tertiary alicyclic amines) is 1. The van der Waals surface area contributed by atoms with Gasteiger partial charge in [0.1, 0.15) is 0 Å². The Labute approximate surface area is 151 Å². The van der Waals surface area contributed by atoms with Gasteiger partial charge in [-0.25, -0.2) is 4.79 Å². The predicted molar refractivity (Wildman–Crippen MR) is 94.5 cm³/mol. The monoisotopic (exact) mass is 372 g/mol. The summed E-state index contributed by atoms with van der Waals surface area (Å²) >= 11 is 12.0. The molecule has 1 aliphatic rings. The lowest BCUT2D eigenvalue weighted by Crippen LogP contribution is -2.55. The first kappa shape index (κ1) is 18.9. The average Bonchev–Trinajstić information content (AvgIpc) is 2.53. The van der Waals surface area contributed by atoms with Gasteiger partial charge in [-0.05, 0) is 43.9 Å². The van der Waals surface area contributed by atoms with Crippen LogP contribution in [0.2, 0.25) is 10.0 Å². The van der Waals surface area contributed by atoms with Crippen LogP contribution in [0.1, 0.15) is 38.7 Å². The molecule has 0 aliphatic carbocycles. The molecule has 0 aromatic heterocycles. The standard InChI is InChI=1S/C17H22Cl2N2O3/c1-3-17(2)9-11(6-7-21(17)16(23)24)15(22)20-10-12-4-5-13(18)8-14(12)19/h4-5,8,11H,3,6-7,9-10H2,1-2H3,(H,20,22)(H,23,24). The van der Waals surface area contributed by atoms with Crippen LogP contribution in [0.25, 0.3) is 0 Å². The molecule has 5 nitrogen and oxygen atoms in total. The minimum atomic E-state index is -0.925. The molecule has 1 aliphatic heterocycles. The number of nitrogens with one attached hydrogen (secondary N) is 1. The zero-order valence-electron chi connectivity index (χ0n) is 13.8. The predicted octanol–water partition coefficient (Wildman–Crippen LogP) is 4.17. The van der Waals surface area contributed by atoms with E-state index in [-0.39, 0.29) is 11.8 Å². The second kappa shape index (κ2) is 7.62. The molecule has 1 heterocycles. The van der Waals surface area contributed by atoms with Crippen LogP contribution in [0.3, 0.4) is 0 Å². The van der Waals surface area contributed by atoms with Gasteiger partial charge in [0.25, 0.3) is 0 Å². The van der Waals surface area contributed by atoms with Crippen LogP contribution in [-0.4, -0.2) is 34.1 Å². The van der Waals surface area contributed by atoms with Crippen LogP contribution in [0.4, 0.5) is 4.79 Å². The van der Waals surface area contributed by atoms with Crippen molar-refractivity contribution in [2.75, 3.05) is 6.54 Å². The number of piperidine rings is 1. The van der Waals surface area contributed by atoms with Gasteiger partial charge < -0.3 is 15.3 Å². The van der Waals surface area contributed by atoms with Crippen molar-refractivity contribution in [3.05, 3.63) is 33.8 Å². The lowest BCUT2D eigenvalue weighted by atomic mass is 9.79. The number of halogens is 2. The fraction of sp³-hybridized carbons (Fsp3) is 0.529. The molecule has 2 N–H and O–H groups in total. The SMILES string of the molecule is CCC1(C)CC(C(=O)NCc2ccc(Cl)cc2Cl)CCN1C(=O)O. The second-order valence-electron chi connectivity index (χ2n) is 6.43. The van der Waals surface area contributed by atoms with Crippen molar-refractivity contribution in [2.45, 2.75) is 45.2 Å². The van der Waals surface area contributed by atoms with Crippen molar-refractivity contribution in [2.24, 2.45) is 5.92 Å². The van der Waals surface area contributed by atoms with E-state index < -0.39 is 11.6 Å². The van der Waals surface area contributed by atoms with Crippen LogP contribution >= 0.6 is 23.2 Å². The summed E-state index contributed by atoms with van der Waals surface area (Å²) < 4.78 is 0. The summed E-state index contributed by atoms with van der Waals surface area (Å²) in [6.07, 6.45) is 0.801.